The Kier molecular flexibility index (Phi) is 6.15. The Hall–Kier alpha value is -3.88. The normalized spacial score (nSPS) is 11.2. The minimum atomic E-state index is -0.569. The molecular formula is C25H18Cl2N4O4. The molecule has 0 bridgehead atoms. The summed E-state index contributed by atoms with van der Waals surface area (Å²) in [6, 6.07) is 17.7. The third-order valence-electron chi connectivity index (χ3n) is 5.35. The molecule has 8 nitrogen and oxygen atoms in total. The summed E-state index contributed by atoms with van der Waals surface area (Å²) in [5.41, 5.74) is 3.07. The molecule has 2 aromatic carbocycles. The molecule has 0 unspecified atom stereocenters. The van der Waals surface area contributed by atoms with Gasteiger partial charge in [0.25, 0.3) is 0 Å². The number of hydrogen-bond acceptors (Lipinski definition) is 6. The van der Waals surface area contributed by atoms with Gasteiger partial charge in [-0.15, -0.1) is 5.10 Å². The standard InChI is InChI=1S/C25H18Cl2N4O4/c1-2-34-24(32)21-12-11-19(35-21)14-30-25(33)31-23(29-30)22(16-5-9-18(27)10-6-16)20(13-28-31)15-3-7-17(26)8-4-15/h3-13H,2,14H2,1H3. The fraction of sp³-hybridized carbons (Fsp3) is 0.120. The zero-order valence-corrected chi connectivity index (χ0v) is 20.0. The summed E-state index contributed by atoms with van der Waals surface area (Å²) in [5, 5.41) is 10.1. The van der Waals surface area contributed by atoms with Crippen molar-refractivity contribution in [1.29, 1.82) is 0 Å². The van der Waals surface area contributed by atoms with Crippen LogP contribution < -0.4 is 5.69 Å². The molecule has 176 valence electrons. The predicted octanol–water partition coefficient (Wildman–Crippen LogP) is 5.35. The molecule has 0 atom stereocenters. The number of furan rings is 1. The van der Waals surface area contributed by atoms with E-state index in [4.69, 9.17) is 32.4 Å². The van der Waals surface area contributed by atoms with Gasteiger partial charge in [-0.3, -0.25) is 0 Å². The minimum Gasteiger partial charge on any atom is -0.460 e. The van der Waals surface area contributed by atoms with Crippen molar-refractivity contribution in [3.8, 4) is 22.3 Å². The lowest BCUT2D eigenvalue weighted by Crippen LogP contribution is -2.22. The Morgan fingerprint density at radius 3 is 2.29 bits per heavy atom. The SMILES string of the molecule is CCOC(=O)c1ccc(Cn2nc3c(-c4ccc(Cl)cc4)c(-c4ccc(Cl)cc4)cnn3c2=O)o1. The maximum atomic E-state index is 13.1. The van der Waals surface area contributed by atoms with Gasteiger partial charge in [-0.2, -0.15) is 9.61 Å². The molecule has 3 aromatic heterocycles. The van der Waals surface area contributed by atoms with Crippen LogP contribution in [-0.4, -0.2) is 32.0 Å². The second-order valence-corrected chi connectivity index (χ2v) is 8.48. The molecule has 5 aromatic rings. The largest absolute Gasteiger partial charge is 0.460 e. The van der Waals surface area contributed by atoms with Gasteiger partial charge in [-0.25, -0.2) is 14.3 Å². The molecule has 5 rings (SSSR count). The van der Waals surface area contributed by atoms with Gasteiger partial charge in [-0.1, -0.05) is 47.5 Å². The van der Waals surface area contributed by atoms with E-state index < -0.39 is 11.7 Å². The lowest BCUT2D eigenvalue weighted by Gasteiger charge is -2.11. The van der Waals surface area contributed by atoms with Crippen LogP contribution in [0.25, 0.3) is 27.9 Å². The summed E-state index contributed by atoms with van der Waals surface area (Å²) in [7, 11) is 0. The van der Waals surface area contributed by atoms with E-state index in [-0.39, 0.29) is 18.9 Å². The molecule has 0 amide bonds. The maximum Gasteiger partial charge on any atom is 0.374 e. The van der Waals surface area contributed by atoms with Gasteiger partial charge < -0.3 is 9.15 Å². The highest BCUT2D eigenvalue weighted by Crippen LogP contribution is 2.35. The van der Waals surface area contributed by atoms with Crippen molar-refractivity contribution < 1.29 is 13.9 Å². The first-order valence-corrected chi connectivity index (χ1v) is 11.5. The first kappa shape index (κ1) is 22.9. The number of ether oxygens (including phenoxy) is 1. The zero-order valence-electron chi connectivity index (χ0n) is 18.4. The van der Waals surface area contributed by atoms with E-state index in [0.717, 1.165) is 16.7 Å². The van der Waals surface area contributed by atoms with Gasteiger partial charge in [0.15, 0.2) is 5.65 Å². The first-order chi connectivity index (χ1) is 16.9. The van der Waals surface area contributed by atoms with Gasteiger partial charge in [0, 0.05) is 21.2 Å². The predicted molar refractivity (Wildman–Crippen MR) is 132 cm³/mol. The van der Waals surface area contributed by atoms with Crippen LogP contribution in [0.4, 0.5) is 0 Å². The van der Waals surface area contributed by atoms with Crippen molar-refractivity contribution in [2.24, 2.45) is 0 Å². The van der Waals surface area contributed by atoms with Gasteiger partial charge in [0.1, 0.15) is 12.3 Å². The summed E-state index contributed by atoms with van der Waals surface area (Å²) in [6.45, 7) is 1.95. The van der Waals surface area contributed by atoms with Gasteiger partial charge in [0.2, 0.25) is 5.76 Å². The number of carbonyl (C=O) groups excluding carboxylic acids is 1. The third kappa shape index (κ3) is 4.45. The molecule has 3 heterocycles. The highest BCUT2D eigenvalue weighted by Gasteiger charge is 2.20. The number of halogens is 2. The number of benzene rings is 2. The molecule has 10 heteroatoms. The first-order valence-electron chi connectivity index (χ1n) is 10.7. The highest BCUT2D eigenvalue weighted by molar-refractivity contribution is 6.31. The molecular weight excluding hydrogens is 491 g/mol. The van der Waals surface area contributed by atoms with Crippen LogP contribution in [0.3, 0.4) is 0 Å². The van der Waals surface area contributed by atoms with Crippen LogP contribution in [0.5, 0.6) is 0 Å². The number of nitrogens with zero attached hydrogens (tertiary/aromatic N) is 4. The van der Waals surface area contributed by atoms with Crippen LogP contribution in [0.1, 0.15) is 23.2 Å². The summed E-state index contributed by atoms with van der Waals surface area (Å²) in [4.78, 5) is 25.0. The quantitative estimate of drug-likeness (QED) is 0.287. The number of esters is 1. The Morgan fingerprint density at radius 2 is 1.63 bits per heavy atom. The van der Waals surface area contributed by atoms with Crippen molar-refractivity contribution in [2.45, 2.75) is 13.5 Å². The summed E-state index contributed by atoms with van der Waals surface area (Å²) in [6.07, 6.45) is 1.62. The van der Waals surface area contributed by atoms with E-state index in [9.17, 15) is 9.59 Å². The van der Waals surface area contributed by atoms with Crippen molar-refractivity contribution >= 4 is 34.8 Å². The van der Waals surface area contributed by atoms with E-state index in [1.54, 1.807) is 43.5 Å². The van der Waals surface area contributed by atoms with Crippen molar-refractivity contribution in [2.75, 3.05) is 6.61 Å². The fourth-order valence-electron chi connectivity index (χ4n) is 3.73. The zero-order chi connectivity index (χ0) is 24.5. The van der Waals surface area contributed by atoms with Crippen LogP contribution >= 0.6 is 23.2 Å². The topological polar surface area (TPSA) is 91.6 Å². The van der Waals surface area contributed by atoms with E-state index in [1.165, 1.54) is 15.3 Å². The highest BCUT2D eigenvalue weighted by atomic mass is 35.5. The van der Waals surface area contributed by atoms with Crippen LogP contribution in [0.2, 0.25) is 10.0 Å². The number of hydrogen-bond donors (Lipinski definition) is 0. The minimum absolute atomic E-state index is 0.0118. The molecule has 0 aliphatic carbocycles. The second kappa shape index (κ2) is 9.40. The fourth-order valence-corrected chi connectivity index (χ4v) is 3.99. The van der Waals surface area contributed by atoms with Crippen molar-refractivity contribution in [3.05, 3.63) is 98.9 Å². The van der Waals surface area contributed by atoms with E-state index in [0.29, 0.717) is 27.0 Å². The van der Waals surface area contributed by atoms with Crippen LogP contribution in [-0.2, 0) is 11.3 Å². The lowest BCUT2D eigenvalue weighted by molar-refractivity contribution is 0.0487. The molecule has 0 spiro atoms. The Morgan fingerprint density at radius 1 is 0.971 bits per heavy atom. The molecule has 0 saturated carbocycles. The molecule has 0 radical (unpaired) electrons. The monoisotopic (exact) mass is 508 g/mol. The van der Waals surface area contributed by atoms with Gasteiger partial charge in [0.05, 0.1) is 12.8 Å². The second-order valence-electron chi connectivity index (χ2n) is 7.61. The summed E-state index contributed by atoms with van der Waals surface area (Å²) in [5.74, 6) is -0.131. The van der Waals surface area contributed by atoms with Crippen LogP contribution in [0, 0.1) is 0 Å². The third-order valence-corrected chi connectivity index (χ3v) is 5.85. The summed E-state index contributed by atoms with van der Waals surface area (Å²) < 4.78 is 13.0. The van der Waals surface area contributed by atoms with Crippen LogP contribution in [0.15, 0.2) is 76.1 Å². The van der Waals surface area contributed by atoms with E-state index in [2.05, 4.69) is 10.2 Å². The Bertz CT molecular complexity index is 1590. The number of fused-ring (bicyclic) bond motifs is 1. The maximum absolute atomic E-state index is 13.1. The smallest absolute Gasteiger partial charge is 0.374 e. The number of aromatic nitrogens is 4. The van der Waals surface area contributed by atoms with Gasteiger partial charge in [-0.05, 0) is 54.4 Å². The molecule has 35 heavy (non-hydrogen) atoms. The summed E-state index contributed by atoms with van der Waals surface area (Å²) >= 11 is 12.2. The van der Waals surface area contributed by atoms with E-state index in [1.807, 2.05) is 24.3 Å². The van der Waals surface area contributed by atoms with Crippen molar-refractivity contribution in [1.82, 2.24) is 19.4 Å². The molecule has 0 fully saturated rings. The number of rotatable bonds is 6. The average molecular weight is 509 g/mol. The lowest BCUT2D eigenvalue weighted by atomic mass is 9.97. The Labute approximate surface area is 209 Å². The average Bonchev–Trinajstić information content (AvgIpc) is 3.45. The molecule has 0 saturated heterocycles. The molecule has 0 N–H and O–H groups in total. The van der Waals surface area contributed by atoms with Crippen molar-refractivity contribution in [3.63, 3.8) is 0 Å². The Balaban J connectivity index is 1.64. The van der Waals surface area contributed by atoms with E-state index >= 15 is 0 Å². The molecule has 0 aliphatic rings. The van der Waals surface area contributed by atoms with Gasteiger partial charge >= 0.3 is 11.7 Å². The number of carbonyl (C=O) groups is 1. The molecule has 0 aliphatic heterocycles.